The molecule has 3 nitrogen and oxygen atoms in total. The van der Waals surface area contributed by atoms with Crippen molar-refractivity contribution in [2.45, 2.75) is 17.9 Å². The smallest absolute Gasteiger partial charge is 0.337 e. The summed E-state index contributed by atoms with van der Waals surface area (Å²) < 4.78 is 4.59. The third-order valence-electron chi connectivity index (χ3n) is 1.77. The van der Waals surface area contributed by atoms with Gasteiger partial charge in [0.25, 0.3) is 0 Å². The number of aliphatic hydroxyl groups is 1. The molecular formula is C11H14O3S. The monoisotopic (exact) mass is 226 g/mol. The summed E-state index contributed by atoms with van der Waals surface area (Å²) in [6.45, 7) is 1.75. The molecular weight excluding hydrogens is 212 g/mol. The van der Waals surface area contributed by atoms with Crippen LogP contribution in [-0.2, 0) is 4.74 Å². The zero-order valence-electron chi connectivity index (χ0n) is 8.77. The van der Waals surface area contributed by atoms with E-state index in [1.54, 1.807) is 30.8 Å². The van der Waals surface area contributed by atoms with Gasteiger partial charge in [0.05, 0.1) is 18.8 Å². The van der Waals surface area contributed by atoms with Crippen molar-refractivity contribution in [3.8, 4) is 0 Å². The van der Waals surface area contributed by atoms with Gasteiger partial charge >= 0.3 is 5.97 Å². The Labute approximate surface area is 93.4 Å². The maximum Gasteiger partial charge on any atom is 0.337 e. The Kier molecular flexibility index (Phi) is 4.65. The van der Waals surface area contributed by atoms with Gasteiger partial charge in [0, 0.05) is 10.6 Å². The van der Waals surface area contributed by atoms with Crippen LogP contribution in [-0.4, -0.2) is 30.0 Å². The third-order valence-corrected chi connectivity index (χ3v) is 3.02. The molecule has 0 fully saturated rings. The molecule has 82 valence electrons. The summed E-state index contributed by atoms with van der Waals surface area (Å²) >= 11 is 1.55. The van der Waals surface area contributed by atoms with Crippen LogP contribution in [0.1, 0.15) is 17.3 Å². The van der Waals surface area contributed by atoms with Crippen molar-refractivity contribution in [1.82, 2.24) is 0 Å². The van der Waals surface area contributed by atoms with Crippen molar-refractivity contribution in [2.75, 3.05) is 12.9 Å². The molecule has 0 aliphatic rings. The van der Waals surface area contributed by atoms with Crippen LogP contribution >= 0.6 is 11.8 Å². The minimum absolute atomic E-state index is 0.324. The molecule has 1 unspecified atom stereocenters. The Balaban J connectivity index is 2.60. The fraction of sp³-hybridized carbons (Fsp3) is 0.364. The second-order valence-corrected chi connectivity index (χ2v) is 4.27. The molecule has 1 aromatic carbocycles. The number of hydrogen-bond donors (Lipinski definition) is 1. The predicted molar refractivity (Wildman–Crippen MR) is 60.2 cm³/mol. The first-order chi connectivity index (χ1) is 7.13. The van der Waals surface area contributed by atoms with Crippen molar-refractivity contribution in [3.05, 3.63) is 29.8 Å². The Bertz CT molecular complexity index is 319. The molecule has 0 aliphatic carbocycles. The number of ether oxygens (including phenoxy) is 1. The van der Waals surface area contributed by atoms with Gasteiger partial charge in [-0.05, 0) is 31.2 Å². The van der Waals surface area contributed by atoms with E-state index in [1.807, 2.05) is 12.1 Å². The summed E-state index contributed by atoms with van der Waals surface area (Å²) in [7, 11) is 1.36. The average molecular weight is 226 g/mol. The Morgan fingerprint density at radius 1 is 1.47 bits per heavy atom. The second kappa shape index (κ2) is 5.78. The molecule has 0 saturated heterocycles. The predicted octanol–water partition coefficient (Wildman–Crippen LogP) is 1.95. The zero-order valence-corrected chi connectivity index (χ0v) is 9.58. The number of carbonyl (C=O) groups excluding carboxylic acids is 1. The van der Waals surface area contributed by atoms with E-state index in [9.17, 15) is 4.79 Å². The number of methoxy groups -OCH3 is 1. The summed E-state index contributed by atoms with van der Waals surface area (Å²) in [5, 5.41) is 9.10. The lowest BCUT2D eigenvalue weighted by atomic mass is 10.2. The van der Waals surface area contributed by atoms with E-state index in [-0.39, 0.29) is 12.1 Å². The van der Waals surface area contributed by atoms with Crippen molar-refractivity contribution >= 4 is 17.7 Å². The first-order valence-corrected chi connectivity index (χ1v) is 5.61. The van der Waals surface area contributed by atoms with E-state index in [2.05, 4.69) is 4.74 Å². The van der Waals surface area contributed by atoms with Gasteiger partial charge in [0.15, 0.2) is 0 Å². The normalized spacial score (nSPS) is 12.2. The highest BCUT2D eigenvalue weighted by Crippen LogP contribution is 2.19. The number of aliphatic hydroxyl groups excluding tert-OH is 1. The Morgan fingerprint density at radius 3 is 2.53 bits per heavy atom. The Hall–Kier alpha value is -1.00. The highest BCUT2D eigenvalue weighted by atomic mass is 32.2. The van der Waals surface area contributed by atoms with Crippen LogP contribution in [0.5, 0.6) is 0 Å². The molecule has 15 heavy (non-hydrogen) atoms. The van der Waals surface area contributed by atoms with Crippen molar-refractivity contribution in [3.63, 3.8) is 0 Å². The SMILES string of the molecule is COC(=O)c1ccc(SCC(C)O)cc1. The summed E-state index contributed by atoms with van der Waals surface area (Å²) in [6.07, 6.45) is -0.324. The molecule has 0 aromatic heterocycles. The van der Waals surface area contributed by atoms with Gasteiger partial charge in [0.2, 0.25) is 0 Å². The second-order valence-electron chi connectivity index (χ2n) is 3.18. The van der Waals surface area contributed by atoms with Crippen LogP contribution in [0.15, 0.2) is 29.2 Å². The van der Waals surface area contributed by atoms with E-state index in [0.717, 1.165) is 4.90 Å². The van der Waals surface area contributed by atoms with Crippen molar-refractivity contribution in [1.29, 1.82) is 0 Å². The van der Waals surface area contributed by atoms with E-state index >= 15 is 0 Å². The first kappa shape index (κ1) is 12.1. The molecule has 0 heterocycles. The minimum Gasteiger partial charge on any atom is -0.465 e. The highest BCUT2D eigenvalue weighted by molar-refractivity contribution is 7.99. The summed E-state index contributed by atoms with van der Waals surface area (Å²) in [5.41, 5.74) is 0.541. The fourth-order valence-corrected chi connectivity index (χ4v) is 1.78. The number of hydrogen-bond acceptors (Lipinski definition) is 4. The van der Waals surface area contributed by atoms with Crippen LogP contribution in [0.4, 0.5) is 0 Å². The minimum atomic E-state index is -0.331. The molecule has 0 amide bonds. The molecule has 1 aromatic rings. The topological polar surface area (TPSA) is 46.5 Å². The quantitative estimate of drug-likeness (QED) is 0.629. The lowest BCUT2D eigenvalue weighted by Gasteiger charge is -2.04. The molecule has 0 spiro atoms. The van der Waals surface area contributed by atoms with Gasteiger partial charge in [-0.25, -0.2) is 4.79 Å². The first-order valence-electron chi connectivity index (χ1n) is 4.62. The molecule has 4 heteroatoms. The number of rotatable bonds is 4. The molecule has 0 aliphatic heterocycles. The van der Waals surface area contributed by atoms with Crippen LogP contribution in [0.25, 0.3) is 0 Å². The van der Waals surface area contributed by atoms with Crippen molar-refractivity contribution in [2.24, 2.45) is 0 Å². The van der Waals surface area contributed by atoms with Crippen molar-refractivity contribution < 1.29 is 14.6 Å². The van der Waals surface area contributed by atoms with Crippen LogP contribution in [0, 0.1) is 0 Å². The van der Waals surface area contributed by atoms with Gasteiger partial charge in [-0.3, -0.25) is 0 Å². The summed E-state index contributed by atoms with van der Waals surface area (Å²) in [4.78, 5) is 12.2. The van der Waals surface area contributed by atoms with Gasteiger partial charge in [-0.2, -0.15) is 0 Å². The number of esters is 1. The van der Waals surface area contributed by atoms with Gasteiger partial charge in [0.1, 0.15) is 0 Å². The molecule has 1 N–H and O–H groups in total. The number of benzene rings is 1. The molecule has 1 rings (SSSR count). The average Bonchev–Trinajstić information content (AvgIpc) is 2.26. The number of carbonyl (C=O) groups is 1. The third kappa shape index (κ3) is 3.93. The van der Waals surface area contributed by atoms with E-state index in [4.69, 9.17) is 5.11 Å². The molecule has 0 saturated carbocycles. The van der Waals surface area contributed by atoms with Gasteiger partial charge < -0.3 is 9.84 Å². The summed E-state index contributed by atoms with van der Waals surface area (Å²) in [6, 6.07) is 7.13. The largest absolute Gasteiger partial charge is 0.465 e. The highest BCUT2D eigenvalue weighted by Gasteiger charge is 2.04. The van der Waals surface area contributed by atoms with Crippen LogP contribution in [0.2, 0.25) is 0 Å². The Morgan fingerprint density at radius 2 is 2.07 bits per heavy atom. The van der Waals surface area contributed by atoms with E-state index in [0.29, 0.717) is 11.3 Å². The van der Waals surface area contributed by atoms with Crippen LogP contribution in [0.3, 0.4) is 0 Å². The molecule has 0 bridgehead atoms. The maximum absolute atomic E-state index is 11.1. The van der Waals surface area contributed by atoms with Gasteiger partial charge in [-0.15, -0.1) is 11.8 Å². The van der Waals surface area contributed by atoms with Crippen LogP contribution < -0.4 is 0 Å². The zero-order chi connectivity index (χ0) is 11.3. The molecule has 0 radical (unpaired) electrons. The standard InChI is InChI=1S/C11H14O3S/c1-8(12)7-15-10-5-3-9(4-6-10)11(13)14-2/h3-6,8,12H,7H2,1-2H3. The fourth-order valence-electron chi connectivity index (χ4n) is 1.02. The van der Waals surface area contributed by atoms with E-state index < -0.39 is 0 Å². The summed E-state index contributed by atoms with van der Waals surface area (Å²) in [5.74, 6) is 0.319. The number of thioether (sulfide) groups is 1. The lowest BCUT2D eigenvalue weighted by Crippen LogP contribution is -2.03. The lowest BCUT2D eigenvalue weighted by molar-refractivity contribution is 0.0600. The molecule has 1 atom stereocenters. The maximum atomic E-state index is 11.1. The van der Waals surface area contributed by atoms with Gasteiger partial charge in [-0.1, -0.05) is 0 Å². The van der Waals surface area contributed by atoms with E-state index in [1.165, 1.54) is 7.11 Å².